The molecule has 150 valence electrons. The van der Waals surface area contributed by atoms with Crippen molar-refractivity contribution in [2.75, 3.05) is 18.5 Å². The summed E-state index contributed by atoms with van der Waals surface area (Å²) >= 11 is 0. The summed E-state index contributed by atoms with van der Waals surface area (Å²) in [7, 11) is 0. The third-order valence-electron chi connectivity index (χ3n) is 4.28. The molecule has 2 aromatic carbocycles. The molecule has 3 rings (SSSR count). The van der Waals surface area contributed by atoms with Gasteiger partial charge in [-0.3, -0.25) is 0 Å². The molecule has 0 aliphatic carbocycles. The molecule has 0 spiro atoms. The number of aliphatic hydroxyl groups excluding tert-OH is 1. The van der Waals surface area contributed by atoms with Gasteiger partial charge in [-0.1, -0.05) is 38.1 Å². The number of halogens is 2. The molecular formula is C21H25BrFN3O2. The summed E-state index contributed by atoms with van der Waals surface area (Å²) in [5, 5.41) is 13.4. The zero-order chi connectivity index (χ0) is 19.4. The summed E-state index contributed by atoms with van der Waals surface area (Å²) in [5.74, 6) is 0.389. The van der Waals surface area contributed by atoms with E-state index in [9.17, 15) is 4.39 Å². The van der Waals surface area contributed by atoms with Crippen LogP contribution in [0.15, 0.2) is 42.5 Å². The van der Waals surface area contributed by atoms with Gasteiger partial charge >= 0.3 is 0 Å². The van der Waals surface area contributed by atoms with E-state index in [0.29, 0.717) is 11.3 Å². The lowest BCUT2D eigenvalue weighted by Gasteiger charge is -2.17. The van der Waals surface area contributed by atoms with Crippen molar-refractivity contribution in [1.29, 1.82) is 0 Å². The first-order valence-corrected chi connectivity index (χ1v) is 9.05. The summed E-state index contributed by atoms with van der Waals surface area (Å²) in [4.78, 5) is 9.19. The molecule has 2 N–H and O–H groups in total. The second-order valence-corrected chi connectivity index (χ2v) is 6.68. The first-order chi connectivity index (χ1) is 13.0. The molecule has 0 saturated carbocycles. The van der Waals surface area contributed by atoms with Crippen LogP contribution < -0.4 is 5.32 Å². The van der Waals surface area contributed by atoms with E-state index in [1.54, 1.807) is 12.1 Å². The Hall–Kier alpha value is -2.09. The van der Waals surface area contributed by atoms with Gasteiger partial charge in [0.1, 0.15) is 12.0 Å². The van der Waals surface area contributed by atoms with Gasteiger partial charge in [0, 0.05) is 16.6 Å². The Bertz CT molecular complexity index is 937. The van der Waals surface area contributed by atoms with Crippen LogP contribution in [0.4, 0.5) is 10.3 Å². The third-order valence-corrected chi connectivity index (χ3v) is 4.28. The van der Waals surface area contributed by atoms with Crippen LogP contribution in [-0.2, 0) is 4.74 Å². The number of benzene rings is 2. The molecule has 1 unspecified atom stereocenters. The third kappa shape index (κ3) is 5.04. The summed E-state index contributed by atoms with van der Waals surface area (Å²) in [6, 6.07) is 12.5. The molecule has 0 bridgehead atoms. The normalized spacial score (nSPS) is 12.1. The fraction of sp³-hybridized carbons (Fsp3) is 0.333. The molecule has 1 atom stereocenters. The molecule has 0 fully saturated rings. The highest BCUT2D eigenvalue weighted by Gasteiger charge is 2.14. The fourth-order valence-electron chi connectivity index (χ4n) is 2.90. The van der Waals surface area contributed by atoms with E-state index in [1.807, 2.05) is 31.2 Å². The van der Waals surface area contributed by atoms with E-state index in [0.717, 1.165) is 22.3 Å². The van der Waals surface area contributed by atoms with Gasteiger partial charge in [-0.25, -0.2) is 14.4 Å². The van der Waals surface area contributed by atoms with E-state index >= 15 is 0 Å². The first kappa shape index (κ1) is 22.2. The number of aromatic nitrogens is 2. The minimum atomic E-state index is -0.350. The van der Waals surface area contributed by atoms with Gasteiger partial charge in [0.15, 0.2) is 0 Å². The molecule has 0 amide bonds. The van der Waals surface area contributed by atoms with Crippen LogP contribution in [-0.4, -0.2) is 34.5 Å². The van der Waals surface area contributed by atoms with E-state index in [4.69, 9.17) is 9.84 Å². The molecule has 1 aromatic heterocycles. The number of hydrogen-bond acceptors (Lipinski definition) is 5. The largest absolute Gasteiger partial charge is 0.394 e. The highest BCUT2D eigenvalue weighted by Crippen LogP contribution is 2.31. The molecule has 0 saturated heterocycles. The number of fused-ring (bicyclic) bond motifs is 1. The van der Waals surface area contributed by atoms with E-state index in [-0.39, 0.29) is 48.2 Å². The van der Waals surface area contributed by atoms with Crippen molar-refractivity contribution in [3.63, 3.8) is 0 Å². The van der Waals surface area contributed by atoms with Gasteiger partial charge in [-0.15, -0.1) is 17.0 Å². The van der Waals surface area contributed by atoms with Gasteiger partial charge in [-0.05, 0) is 36.4 Å². The van der Waals surface area contributed by atoms with Gasteiger partial charge in [0.2, 0.25) is 5.95 Å². The quantitative estimate of drug-likeness (QED) is 0.501. The summed E-state index contributed by atoms with van der Waals surface area (Å²) < 4.78 is 19.6. The Morgan fingerprint density at radius 3 is 2.46 bits per heavy atom. The predicted molar refractivity (Wildman–Crippen MR) is 115 cm³/mol. The van der Waals surface area contributed by atoms with Gasteiger partial charge in [0.05, 0.1) is 18.9 Å². The number of nitrogens with zero attached hydrogens (tertiary/aromatic N) is 2. The Balaban J connectivity index is 0.00000280. The summed E-state index contributed by atoms with van der Waals surface area (Å²) in [5.41, 5.74) is 2.45. The highest BCUT2D eigenvalue weighted by atomic mass is 79.9. The van der Waals surface area contributed by atoms with Crippen LogP contribution in [0.2, 0.25) is 0 Å². The van der Waals surface area contributed by atoms with Crippen LogP contribution in [0.3, 0.4) is 0 Å². The zero-order valence-electron chi connectivity index (χ0n) is 16.1. The van der Waals surface area contributed by atoms with Crippen molar-refractivity contribution in [3.8, 4) is 11.3 Å². The van der Waals surface area contributed by atoms with E-state index < -0.39 is 0 Å². The average molecular weight is 450 g/mol. The molecule has 0 aliphatic rings. The maximum Gasteiger partial charge on any atom is 0.225 e. The monoisotopic (exact) mass is 449 g/mol. The van der Waals surface area contributed by atoms with Crippen molar-refractivity contribution in [2.45, 2.75) is 32.9 Å². The minimum absolute atomic E-state index is 0. The van der Waals surface area contributed by atoms with E-state index in [2.05, 4.69) is 29.1 Å². The van der Waals surface area contributed by atoms with Crippen LogP contribution in [0.25, 0.3) is 22.0 Å². The second kappa shape index (κ2) is 9.91. The molecular weight excluding hydrogens is 425 g/mol. The smallest absolute Gasteiger partial charge is 0.225 e. The molecule has 0 aliphatic heterocycles. The van der Waals surface area contributed by atoms with Gasteiger partial charge in [0.25, 0.3) is 0 Å². The number of hydrogen-bond donors (Lipinski definition) is 2. The zero-order valence-corrected chi connectivity index (χ0v) is 17.9. The van der Waals surface area contributed by atoms with Crippen molar-refractivity contribution in [2.24, 2.45) is 0 Å². The average Bonchev–Trinajstić information content (AvgIpc) is 2.66. The fourth-order valence-corrected chi connectivity index (χ4v) is 2.90. The predicted octanol–water partition coefficient (Wildman–Crippen LogP) is 4.90. The lowest BCUT2D eigenvalue weighted by atomic mass is 10.00. The lowest BCUT2D eigenvalue weighted by molar-refractivity contribution is 0.0538. The van der Waals surface area contributed by atoms with Crippen molar-refractivity contribution >= 4 is 33.7 Å². The molecule has 7 heteroatoms. The Labute approximate surface area is 174 Å². The lowest BCUT2D eigenvalue weighted by Crippen LogP contribution is -2.22. The summed E-state index contributed by atoms with van der Waals surface area (Å²) in [6.45, 7) is 6.13. The second-order valence-electron chi connectivity index (χ2n) is 6.68. The standard InChI is InChI=1S/C21H24FN3O2.BrH/c1-13(2)19-12-20(25-21(24-19)23-14(3)27-11-10-26)17-8-9-18(22)16-7-5-4-6-15(16)17;/h4-9,12-14,26H,10-11H2,1-3H3,(H,23,24,25);1H. The van der Waals surface area contributed by atoms with Crippen molar-refractivity contribution in [1.82, 2.24) is 9.97 Å². The Kier molecular flexibility index (Phi) is 7.86. The molecule has 5 nitrogen and oxygen atoms in total. The number of anilines is 1. The number of aliphatic hydroxyl groups is 1. The molecule has 1 heterocycles. The number of nitrogens with one attached hydrogen (secondary N) is 1. The topological polar surface area (TPSA) is 67.3 Å². The molecule has 3 aromatic rings. The molecule has 28 heavy (non-hydrogen) atoms. The number of ether oxygens (including phenoxy) is 1. The number of rotatable bonds is 7. The van der Waals surface area contributed by atoms with Gasteiger partial charge in [-0.2, -0.15) is 0 Å². The molecule has 0 radical (unpaired) electrons. The van der Waals surface area contributed by atoms with Crippen LogP contribution in [0.5, 0.6) is 0 Å². The Morgan fingerprint density at radius 1 is 1.07 bits per heavy atom. The maximum absolute atomic E-state index is 14.2. The SMILES string of the molecule is Br.CC(Nc1nc(-c2ccc(F)c3ccccc23)cc(C(C)C)n1)OCCO. The van der Waals surface area contributed by atoms with Crippen LogP contribution in [0.1, 0.15) is 32.4 Å². The minimum Gasteiger partial charge on any atom is -0.394 e. The maximum atomic E-state index is 14.2. The van der Waals surface area contributed by atoms with E-state index in [1.165, 1.54) is 6.07 Å². The highest BCUT2D eigenvalue weighted by molar-refractivity contribution is 8.93. The summed E-state index contributed by atoms with van der Waals surface area (Å²) in [6.07, 6.45) is -0.350. The first-order valence-electron chi connectivity index (χ1n) is 9.05. The van der Waals surface area contributed by atoms with Crippen molar-refractivity contribution < 1.29 is 14.2 Å². The Morgan fingerprint density at radius 2 is 1.79 bits per heavy atom. The van der Waals surface area contributed by atoms with Crippen LogP contribution >= 0.6 is 17.0 Å². The van der Waals surface area contributed by atoms with Crippen LogP contribution in [0, 0.1) is 5.82 Å². The van der Waals surface area contributed by atoms with Crippen molar-refractivity contribution in [3.05, 3.63) is 54.0 Å². The van der Waals surface area contributed by atoms with Gasteiger partial charge < -0.3 is 15.2 Å².